The number of ketones is 1. The number of rotatable bonds is 7. The second-order valence-electron chi connectivity index (χ2n) is 9.91. The Morgan fingerprint density at radius 2 is 1.49 bits per heavy atom. The third kappa shape index (κ3) is 4.48. The van der Waals surface area contributed by atoms with Crippen molar-refractivity contribution in [2.75, 3.05) is 34.0 Å². The number of carbonyl (C=O) groups excluding carboxylic acids is 2. The summed E-state index contributed by atoms with van der Waals surface area (Å²) in [4.78, 5) is 28.2. The Hall–Kier alpha value is -2.74. The van der Waals surface area contributed by atoms with Crippen LogP contribution < -0.4 is 0 Å². The van der Waals surface area contributed by atoms with Crippen molar-refractivity contribution in [1.29, 1.82) is 0 Å². The van der Waals surface area contributed by atoms with Crippen LogP contribution >= 0.6 is 0 Å². The number of fused-ring (bicyclic) bond motifs is 5. The first-order valence-corrected chi connectivity index (χ1v) is 12.3. The van der Waals surface area contributed by atoms with Crippen LogP contribution in [-0.4, -0.2) is 68.7 Å². The highest BCUT2D eigenvalue weighted by molar-refractivity contribution is 5.82. The van der Waals surface area contributed by atoms with Crippen molar-refractivity contribution in [2.45, 2.75) is 50.0 Å². The summed E-state index contributed by atoms with van der Waals surface area (Å²) in [5.41, 5.74) is 4.78. The molecule has 2 atom stereocenters. The first kappa shape index (κ1) is 24.0. The lowest BCUT2D eigenvalue weighted by molar-refractivity contribution is -0.199. The zero-order chi connectivity index (χ0) is 24.6. The number of benzene rings is 2. The second-order valence-corrected chi connectivity index (χ2v) is 9.91. The second kappa shape index (κ2) is 9.72. The van der Waals surface area contributed by atoms with E-state index in [1.165, 1.54) is 22.3 Å². The van der Waals surface area contributed by atoms with Gasteiger partial charge in [0.25, 0.3) is 0 Å². The quantitative estimate of drug-likeness (QED) is 0.549. The van der Waals surface area contributed by atoms with Gasteiger partial charge >= 0.3 is 6.09 Å². The zero-order valence-electron chi connectivity index (χ0n) is 20.6. The average Bonchev–Trinajstić information content (AvgIpc) is 3.20. The van der Waals surface area contributed by atoms with Crippen LogP contribution in [-0.2, 0) is 23.7 Å². The predicted molar refractivity (Wildman–Crippen MR) is 130 cm³/mol. The third-order valence-corrected chi connectivity index (χ3v) is 7.88. The van der Waals surface area contributed by atoms with E-state index in [1.807, 2.05) is 29.2 Å². The maximum atomic E-state index is 13.3. The summed E-state index contributed by atoms with van der Waals surface area (Å²) in [6.07, 6.45) is 0.969. The highest BCUT2D eigenvalue weighted by atomic mass is 16.7. The first-order valence-electron chi connectivity index (χ1n) is 12.3. The number of morpholine rings is 1. The van der Waals surface area contributed by atoms with E-state index < -0.39 is 5.79 Å². The van der Waals surface area contributed by atoms with Crippen LogP contribution in [0, 0.1) is 5.92 Å². The summed E-state index contributed by atoms with van der Waals surface area (Å²) in [6.45, 7) is 2.87. The number of Topliss-reactive ketones (excluding diaryl/α,β-unsaturated/α-hetero) is 1. The molecule has 2 aromatic carbocycles. The molecule has 2 fully saturated rings. The van der Waals surface area contributed by atoms with E-state index in [0.29, 0.717) is 26.1 Å². The summed E-state index contributed by atoms with van der Waals surface area (Å²) in [6, 6.07) is 16.3. The number of carbonyl (C=O) groups is 2. The third-order valence-electron chi connectivity index (χ3n) is 7.88. The Balaban J connectivity index is 1.26. The molecule has 2 unspecified atom stereocenters. The number of methoxy groups -OCH3 is 2. The molecule has 1 amide bonds. The summed E-state index contributed by atoms with van der Waals surface area (Å²) in [7, 11) is 3.08. The van der Waals surface area contributed by atoms with E-state index in [2.05, 4.69) is 24.3 Å². The van der Waals surface area contributed by atoms with Crippen LogP contribution in [0.15, 0.2) is 48.5 Å². The van der Waals surface area contributed by atoms with E-state index in [0.717, 1.165) is 0 Å². The van der Waals surface area contributed by atoms with Crippen LogP contribution in [0.1, 0.15) is 43.2 Å². The highest BCUT2D eigenvalue weighted by Crippen LogP contribution is 2.44. The molecular weight excluding hydrogens is 446 g/mol. The number of hydrogen-bond donors (Lipinski definition) is 0. The Kier molecular flexibility index (Phi) is 6.66. The topological polar surface area (TPSA) is 74.3 Å². The molecule has 2 aromatic rings. The lowest BCUT2D eigenvalue weighted by Gasteiger charge is -2.47. The van der Waals surface area contributed by atoms with Crippen molar-refractivity contribution in [3.05, 3.63) is 59.7 Å². The Labute approximate surface area is 206 Å². The van der Waals surface area contributed by atoms with Gasteiger partial charge in [-0.1, -0.05) is 48.5 Å². The van der Waals surface area contributed by atoms with Crippen molar-refractivity contribution >= 4 is 11.9 Å². The fraction of sp³-hybridized carbons (Fsp3) is 0.500. The minimum absolute atomic E-state index is 0.0160. The standard InChI is InChI=1S/C28H33NO6/c1-28(32-2,33-3)14-26(30)18-12-19-15-34-16-20(13-18)29(19)27(31)35-17-25-23-10-6-4-8-21(23)22-9-5-7-11-24(22)25/h4-11,18-20,25H,12-17H2,1-3H3. The smallest absolute Gasteiger partial charge is 0.410 e. The Morgan fingerprint density at radius 3 is 2.03 bits per heavy atom. The van der Waals surface area contributed by atoms with E-state index in [1.54, 1.807) is 21.1 Å². The largest absolute Gasteiger partial charge is 0.448 e. The van der Waals surface area contributed by atoms with E-state index >= 15 is 0 Å². The molecule has 0 spiro atoms. The summed E-state index contributed by atoms with van der Waals surface area (Å²) >= 11 is 0. The number of ether oxygens (including phenoxy) is 4. The molecule has 0 aromatic heterocycles. The van der Waals surface area contributed by atoms with Crippen molar-refractivity contribution in [3.63, 3.8) is 0 Å². The Morgan fingerprint density at radius 1 is 0.943 bits per heavy atom. The molecule has 0 radical (unpaired) electrons. The van der Waals surface area contributed by atoms with Crippen molar-refractivity contribution in [2.24, 2.45) is 5.92 Å². The number of hydrogen-bond acceptors (Lipinski definition) is 6. The molecule has 0 N–H and O–H groups in total. The maximum absolute atomic E-state index is 13.3. The summed E-state index contributed by atoms with van der Waals surface area (Å²) in [5.74, 6) is -0.981. The van der Waals surface area contributed by atoms with Gasteiger partial charge in [-0.2, -0.15) is 0 Å². The molecule has 186 valence electrons. The number of nitrogens with zero attached hydrogens (tertiary/aromatic N) is 1. The van der Waals surface area contributed by atoms with Gasteiger partial charge < -0.3 is 18.9 Å². The molecule has 35 heavy (non-hydrogen) atoms. The van der Waals surface area contributed by atoms with Gasteiger partial charge in [-0.3, -0.25) is 9.69 Å². The van der Waals surface area contributed by atoms with Crippen LogP contribution in [0.25, 0.3) is 11.1 Å². The van der Waals surface area contributed by atoms with E-state index in [-0.39, 0.29) is 48.8 Å². The summed E-state index contributed by atoms with van der Waals surface area (Å²) < 4.78 is 22.4. The molecule has 2 bridgehead atoms. The SMILES string of the molecule is COC(C)(CC(=O)C1CC2COCC(C1)N2C(=O)OCC1c2ccccc2-c2ccccc21)OC. The molecule has 2 aliphatic heterocycles. The van der Waals surface area contributed by atoms with Crippen molar-refractivity contribution in [1.82, 2.24) is 4.90 Å². The minimum Gasteiger partial charge on any atom is -0.448 e. The molecule has 2 heterocycles. The van der Waals surface area contributed by atoms with Gasteiger partial charge in [0.1, 0.15) is 12.4 Å². The van der Waals surface area contributed by atoms with Gasteiger partial charge in [0.2, 0.25) is 0 Å². The monoisotopic (exact) mass is 479 g/mol. The fourth-order valence-corrected chi connectivity index (χ4v) is 5.83. The minimum atomic E-state index is -0.938. The predicted octanol–water partition coefficient (Wildman–Crippen LogP) is 4.38. The van der Waals surface area contributed by atoms with E-state index in [4.69, 9.17) is 18.9 Å². The van der Waals surface area contributed by atoms with Gasteiger partial charge in [0.05, 0.1) is 31.7 Å². The van der Waals surface area contributed by atoms with Gasteiger partial charge in [-0.25, -0.2) is 4.79 Å². The molecule has 2 saturated heterocycles. The Bertz CT molecular complexity index is 1040. The lowest BCUT2D eigenvalue weighted by atomic mass is 9.81. The molecular formula is C28H33NO6. The molecule has 7 nitrogen and oxygen atoms in total. The fourth-order valence-electron chi connectivity index (χ4n) is 5.83. The molecule has 3 aliphatic rings. The van der Waals surface area contributed by atoms with Crippen LogP contribution in [0.4, 0.5) is 4.79 Å². The van der Waals surface area contributed by atoms with Gasteiger partial charge in [0.15, 0.2) is 5.79 Å². The maximum Gasteiger partial charge on any atom is 0.410 e. The molecule has 7 heteroatoms. The summed E-state index contributed by atoms with van der Waals surface area (Å²) in [5, 5.41) is 0. The van der Waals surface area contributed by atoms with Crippen LogP contribution in [0.5, 0.6) is 0 Å². The number of amides is 1. The van der Waals surface area contributed by atoms with Gasteiger partial charge in [-0.15, -0.1) is 0 Å². The van der Waals surface area contributed by atoms with Crippen molar-refractivity contribution in [3.8, 4) is 11.1 Å². The highest BCUT2D eigenvalue weighted by Gasteiger charge is 2.45. The van der Waals surface area contributed by atoms with E-state index in [9.17, 15) is 9.59 Å². The van der Waals surface area contributed by atoms with Crippen molar-refractivity contribution < 1.29 is 28.5 Å². The average molecular weight is 480 g/mol. The van der Waals surface area contributed by atoms with Gasteiger partial charge in [0, 0.05) is 26.1 Å². The molecule has 0 saturated carbocycles. The first-order chi connectivity index (χ1) is 16.9. The lowest BCUT2D eigenvalue weighted by Crippen LogP contribution is -2.60. The van der Waals surface area contributed by atoms with Gasteiger partial charge in [-0.05, 0) is 42.0 Å². The van der Waals surface area contributed by atoms with Crippen LogP contribution in [0.2, 0.25) is 0 Å². The molecule has 1 aliphatic carbocycles. The zero-order valence-corrected chi connectivity index (χ0v) is 20.6. The number of piperidine rings is 1. The van der Waals surface area contributed by atoms with Crippen LogP contribution in [0.3, 0.4) is 0 Å². The normalized spacial score (nSPS) is 23.5. The molecule has 5 rings (SSSR count).